The lowest BCUT2D eigenvalue weighted by molar-refractivity contribution is -0.150. The number of nitrogens with two attached hydrogens (primary N) is 1. The van der Waals surface area contributed by atoms with Gasteiger partial charge in [0.2, 0.25) is 5.91 Å². The molecule has 1 fully saturated rings. The van der Waals surface area contributed by atoms with Crippen LogP contribution in [0.2, 0.25) is 5.02 Å². The fourth-order valence-electron chi connectivity index (χ4n) is 2.69. The summed E-state index contributed by atoms with van der Waals surface area (Å²) in [6, 6.07) is 13.2. The van der Waals surface area contributed by atoms with Gasteiger partial charge in [-0.3, -0.25) is 14.4 Å². The molecule has 6 nitrogen and oxygen atoms in total. The molecule has 3 rings (SSSR count). The number of benzene rings is 2. The van der Waals surface area contributed by atoms with Crippen LogP contribution in [0.3, 0.4) is 0 Å². The Hall–Kier alpha value is -2.86. The van der Waals surface area contributed by atoms with E-state index in [9.17, 15) is 14.4 Å². The van der Waals surface area contributed by atoms with Gasteiger partial charge in [0, 0.05) is 16.3 Å². The average Bonchev–Trinajstić information content (AvgIpc) is 3.42. The largest absolute Gasteiger partial charge is 0.455 e. The number of primary amides is 1. The lowest BCUT2D eigenvalue weighted by atomic mass is 9.96. The molecule has 134 valence electrons. The molecule has 0 aromatic heterocycles. The number of halogens is 1. The van der Waals surface area contributed by atoms with Crippen molar-refractivity contribution in [3.05, 3.63) is 64.7 Å². The first-order valence-electron chi connectivity index (χ1n) is 8.04. The zero-order valence-electron chi connectivity index (χ0n) is 13.8. The second-order valence-electron chi connectivity index (χ2n) is 6.15. The molecule has 26 heavy (non-hydrogen) atoms. The number of nitrogens with one attached hydrogen (secondary N) is 1. The SMILES string of the molecule is NC(=O)c1ccc(NC(=O)COC(=O)C2(c3ccc(Cl)cc3)CC2)cc1. The van der Waals surface area contributed by atoms with Gasteiger partial charge in [0.05, 0.1) is 5.41 Å². The zero-order chi connectivity index (χ0) is 18.7. The van der Waals surface area contributed by atoms with E-state index >= 15 is 0 Å². The van der Waals surface area contributed by atoms with Gasteiger partial charge in [-0.1, -0.05) is 23.7 Å². The molecule has 2 amide bonds. The van der Waals surface area contributed by atoms with E-state index in [-0.39, 0.29) is 6.61 Å². The highest BCUT2D eigenvalue weighted by molar-refractivity contribution is 6.30. The van der Waals surface area contributed by atoms with Crippen molar-refractivity contribution in [3.8, 4) is 0 Å². The molecule has 0 atom stereocenters. The summed E-state index contributed by atoms with van der Waals surface area (Å²) in [5, 5.41) is 3.19. The number of carbonyl (C=O) groups is 3. The average molecular weight is 373 g/mol. The molecule has 1 aliphatic carbocycles. The van der Waals surface area contributed by atoms with Crippen molar-refractivity contribution in [2.45, 2.75) is 18.3 Å². The minimum atomic E-state index is -0.673. The monoisotopic (exact) mass is 372 g/mol. The molecule has 0 aliphatic heterocycles. The summed E-state index contributed by atoms with van der Waals surface area (Å²) in [5.74, 6) is -1.43. The molecule has 3 N–H and O–H groups in total. The van der Waals surface area contributed by atoms with Gasteiger partial charge in [0.25, 0.3) is 5.91 Å². The number of hydrogen-bond acceptors (Lipinski definition) is 4. The Bertz CT molecular complexity index is 843. The molecule has 0 bridgehead atoms. The molecule has 0 unspecified atom stereocenters. The Kier molecular flexibility index (Phi) is 4.95. The molecule has 0 saturated heterocycles. The van der Waals surface area contributed by atoms with Crippen molar-refractivity contribution in [1.29, 1.82) is 0 Å². The van der Waals surface area contributed by atoms with E-state index in [1.165, 1.54) is 12.1 Å². The van der Waals surface area contributed by atoms with Crippen LogP contribution in [0.1, 0.15) is 28.8 Å². The summed E-state index contributed by atoms with van der Waals surface area (Å²) in [5.41, 5.74) is 6.15. The van der Waals surface area contributed by atoms with Crippen LogP contribution in [0, 0.1) is 0 Å². The minimum Gasteiger partial charge on any atom is -0.455 e. The Morgan fingerprint density at radius 1 is 1.04 bits per heavy atom. The molecule has 0 heterocycles. The maximum absolute atomic E-state index is 12.4. The highest BCUT2D eigenvalue weighted by atomic mass is 35.5. The van der Waals surface area contributed by atoms with Crippen molar-refractivity contribution in [2.75, 3.05) is 11.9 Å². The summed E-state index contributed by atoms with van der Waals surface area (Å²) >= 11 is 5.87. The van der Waals surface area contributed by atoms with Crippen molar-refractivity contribution in [2.24, 2.45) is 5.73 Å². The van der Waals surface area contributed by atoms with E-state index in [4.69, 9.17) is 22.1 Å². The summed E-state index contributed by atoms with van der Waals surface area (Å²) in [6.45, 7) is -0.383. The van der Waals surface area contributed by atoms with Crippen LogP contribution >= 0.6 is 11.6 Å². The number of ether oxygens (including phenoxy) is 1. The third-order valence-electron chi connectivity index (χ3n) is 4.33. The normalized spacial score (nSPS) is 14.3. The zero-order valence-corrected chi connectivity index (χ0v) is 14.6. The summed E-state index contributed by atoms with van der Waals surface area (Å²) in [4.78, 5) is 35.4. The van der Waals surface area contributed by atoms with E-state index in [2.05, 4.69) is 5.32 Å². The predicted molar refractivity (Wildman–Crippen MR) is 96.9 cm³/mol. The van der Waals surface area contributed by atoms with Gasteiger partial charge < -0.3 is 15.8 Å². The molecule has 1 saturated carbocycles. The molecular formula is C19H17ClN2O4. The Balaban J connectivity index is 1.55. The Morgan fingerprint density at radius 2 is 1.65 bits per heavy atom. The maximum atomic E-state index is 12.4. The van der Waals surface area contributed by atoms with Crippen LogP contribution in [0.5, 0.6) is 0 Å². The number of rotatable bonds is 6. The van der Waals surface area contributed by atoms with E-state index in [0.717, 1.165) is 5.56 Å². The molecular weight excluding hydrogens is 356 g/mol. The van der Waals surface area contributed by atoms with E-state index < -0.39 is 23.2 Å². The number of esters is 1. The fraction of sp³-hybridized carbons (Fsp3) is 0.211. The van der Waals surface area contributed by atoms with Crippen LogP contribution in [0.25, 0.3) is 0 Å². The first-order valence-corrected chi connectivity index (χ1v) is 8.41. The number of carbonyl (C=O) groups excluding carboxylic acids is 3. The van der Waals surface area contributed by atoms with Gasteiger partial charge in [0.1, 0.15) is 0 Å². The molecule has 2 aromatic carbocycles. The second-order valence-corrected chi connectivity index (χ2v) is 6.59. The van der Waals surface area contributed by atoms with E-state index in [1.54, 1.807) is 36.4 Å². The van der Waals surface area contributed by atoms with Crippen LogP contribution in [0.4, 0.5) is 5.69 Å². The summed E-state index contributed by atoms with van der Waals surface area (Å²) in [6.07, 6.45) is 1.37. The first kappa shape index (κ1) is 17.9. The van der Waals surface area contributed by atoms with E-state index in [1.807, 2.05) is 0 Å². The third-order valence-corrected chi connectivity index (χ3v) is 4.58. The topological polar surface area (TPSA) is 98.5 Å². The predicted octanol–water partition coefficient (Wildman–Crippen LogP) is 2.65. The molecule has 2 aromatic rings. The first-order chi connectivity index (χ1) is 12.4. The molecule has 0 spiro atoms. The highest BCUT2D eigenvalue weighted by Gasteiger charge is 2.52. The van der Waals surface area contributed by atoms with Gasteiger partial charge in [-0.2, -0.15) is 0 Å². The summed E-state index contributed by atoms with van der Waals surface area (Å²) in [7, 11) is 0. The van der Waals surface area contributed by atoms with Crippen molar-refractivity contribution < 1.29 is 19.1 Å². The van der Waals surface area contributed by atoms with Crippen molar-refractivity contribution >= 4 is 35.1 Å². The summed E-state index contributed by atoms with van der Waals surface area (Å²) < 4.78 is 5.19. The van der Waals surface area contributed by atoms with Crippen molar-refractivity contribution in [1.82, 2.24) is 0 Å². The quantitative estimate of drug-likeness (QED) is 0.761. The standard InChI is InChI=1S/C19H17ClN2O4/c20-14-5-3-13(4-6-14)19(9-10-19)18(25)26-11-16(23)22-15-7-1-12(2-8-15)17(21)24/h1-8H,9-11H2,(H2,21,24)(H,22,23). The van der Waals surface area contributed by atoms with Gasteiger partial charge in [-0.05, 0) is 54.8 Å². The van der Waals surface area contributed by atoms with Gasteiger partial charge in [-0.15, -0.1) is 0 Å². The van der Waals surface area contributed by atoms with Crippen LogP contribution in [0.15, 0.2) is 48.5 Å². The highest BCUT2D eigenvalue weighted by Crippen LogP contribution is 2.49. The third kappa shape index (κ3) is 3.86. The van der Waals surface area contributed by atoms with Crippen molar-refractivity contribution in [3.63, 3.8) is 0 Å². The van der Waals surface area contributed by atoms with Crippen LogP contribution in [-0.2, 0) is 19.7 Å². The molecule has 0 radical (unpaired) electrons. The molecule has 1 aliphatic rings. The maximum Gasteiger partial charge on any atom is 0.317 e. The Labute approximate surface area is 155 Å². The van der Waals surface area contributed by atoms with Gasteiger partial charge in [-0.25, -0.2) is 0 Å². The lowest BCUT2D eigenvalue weighted by Gasteiger charge is -2.15. The number of anilines is 1. The van der Waals surface area contributed by atoms with Crippen LogP contribution in [-0.4, -0.2) is 24.4 Å². The van der Waals surface area contributed by atoms with Gasteiger partial charge in [0.15, 0.2) is 6.61 Å². The van der Waals surface area contributed by atoms with Crippen LogP contribution < -0.4 is 11.1 Å². The lowest BCUT2D eigenvalue weighted by Crippen LogP contribution is -2.28. The number of amides is 2. The fourth-order valence-corrected chi connectivity index (χ4v) is 2.81. The molecule has 7 heteroatoms. The Morgan fingerprint density at radius 3 is 2.19 bits per heavy atom. The smallest absolute Gasteiger partial charge is 0.317 e. The second kappa shape index (κ2) is 7.17. The van der Waals surface area contributed by atoms with E-state index in [0.29, 0.717) is 29.1 Å². The number of hydrogen-bond donors (Lipinski definition) is 2. The van der Waals surface area contributed by atoms with Gasteiger partial charge >= 0.3 is 5.97 Å². The minimum absolute atomic E-state index is 0.341.